The van der Waals surface area contributed by atoms with E-state index < -0.39 is 5.97 Å². The number of carbonyl (C=O) groups is 1. The number of hydrogen-bond donors (Lipinski definition) is 1. The second kappa shape index (κ2) is 4.90. The van der Waals surface area contributed by atoms with Gasteiger partial charge in [-0.25, -0.2) is 0 Å². The van der Waals surface area contributed by atoms with Gasteiger partial charge in [-0.05, 0) is 31.2 Å². The molecular formula is C13H20N2O2. The average molecular weight is 236 g/mol. The fourth-order valence-corrected chi connectivity index (χ4v) is 3.00. The van der Waals surface area contributed by atoms with E-state index in [-0.39, 0.29) is 11.8 Å². The van der Waals surface area contributed by atoms with Crippen molar-refractivity contribution in [2.45, 2.75) is 38.5 Å². The Morgan fingerprint density at radius 1 is 1.59 bits per heavy atom. The molecule has 0 spiro atoms. The third-order valence-electron chi connectivity index (χ3n) is 4.09. The van der Waals surface area contributed by atoms with Gasteiger partial charge in [0.25, 0.3) is 0 Å². The van der Waals surface area contributed by atoms with Crippen LogP contribution in [0.5, 0.6) is 0 Å². The van der Waals surface area contributed by atoms with Crippen LogP contribution in [-0.4, -0.2) is 20.9 Å². The zero-order valence-electron chi connectivity index (χ0n) is 10.5. The summed E-state index contributed by atoms with van der Waals surface area (Å²) in [6, 6.07) is 1.96. The maximum atomic E-state index is 11.3. The smallest absolute Gasteiger partial charge is 0.307 e. The first-order valence-corrected chi connectivity index (χ1v) is 6.34. The van der Waals surface area contributed by atoms with E-state index in [1.54, 1.807) is 6.20 Å². The normalized spacial score (nSPS) is 29.2. The third kappa shape index (κ3) is 2.35. The molecule has 1 aliphatic rings. The molecule has 4 nitrogen and oxygen atoms in total. The summed E-state index contributed by atoms with van der Waals surface area (Å²) in [5.41, 5.74) is 1.07. The van der Waals surface area contributed by atoms with Gasteiger partial charge in [0.1, 0.15) is 0 Å². The van der Waals surface area contributed by atoms with Crippen LogP contribution in [0.1, 0.15) is 44.2 Å². The van der Waals surface area contributed by atoms with Crippen molar-refractivity contribution < 1.29 is 9.90 Å². The Morgan fingerprint density at radius 2 is 2.35 bits per heavy atom. The van der Waals surface area contributed by atoms with Crippen molar-refractivity contribution in [3.8, 4) is 0 Å². The van der Waals surface area contributed by atoms with Crippen molar-refractivity contribution >= 4 is 5.97 Å². The Balaban J connectivity index is 2.25. The van der Waals surface area contributed by atoms with E-state index in [0.29, 0.717) is 5.92 Å². The number of hydrogen-bond acceptors (Lipinski definition) is 2. The minimum atomic E-state index is -0.661. The lowest BCUT2D eigenvalue weighted by Gasteiger charge is -2.33. The molecule has 0 radical (unpaired) electrons. The molecule has 0 aromatic carbocycles. The molecule has 1 heterocycles. The van der Waals surface area contributed by atoms with E-state index in [1.165, 1.54) is 0 Å². The van der Waals surface area contributed by atoms with Gasteiger partial charge in [0.05, 0.1) is 5.92 Å². The van der Waals surface area contributed by atoms with Gasteiger partial charge in [-0.2, -0.15) is 5.10 Å². The number of nitrogens with zero attached hydrogens (tertiary/aromatic N) is 2. The SMILES string of the molecule is CCC1CCC(C(=O)O)C(c2ccnn2C)C1. The highest BCUT2D eigenvalue weighted by molar-refractivity contribution is 5.71. The molecule has 1 fully saturated rings. The highest BCUT2D eigenvalue weighted by atomic mass is 16.4. The van der Waals surface area contributed by atoms with Crippen LogP contribution < -0.4 is 0 Å². The zero-order chi connectivity index (χ0) is 12.4. The number of aliphatic carboxylic acids is 1. The maximum absolute atomic E-state index is 11.3. The molecule has 0 saturated heterocycles. The summed E-state index contributed by atoms with van der Waals surface area (Å²) in [5.74, 6) is -0.122. The number of carboxylic acid groups (broad SMARTS) is 1. The first-order valence-electron chi connectivity index (χ1n) is 6.34. The predicted octanol–water partition coefficient (Wildman–Crippen LogP) is 2.41. The van der Waals surface area contributed by atoms with Gasteiger partial charge in [-0.3, -0.25) is 9.48 Å². The molecule has 1 saturated carbocycles. The highest BCUT2D eigenvalue weighted by Crippen LogP contribution is 2.41. The standard InChI is InChI=1S/C13H20N2O2/c1-3-9-4-5-10(13(16)17)11(8-9)12-6-7-14-15(12)2/h6-7,9-11H,3-5,8H2,1-2H3,(H,16,17). The van der Waals surface area contributed by atoms with Gasteiger partial charge < -0.3 is 5.11 Å². The number of aryl methyl sites for hydroxylation is 1. The maximum Gasteiger partial charge on any atom is 0.307 e. The summed E-state index contributed by atoms with van der Waals surface area (Å²) in [6.45, 7) is 2.19. The van der Waals surface area contributed by atoms with Gasteiger partial charge >= 0.3 is 5.97 Å². The third-order valence-corrected chi connectivity index (χ3v) is 4.09. The molecule has 3 unspecified atom stereocenters. The Morgan fingerprint density at radius 3 is 2.88 bits per heavy atom. The molecule has 94 valence electrons. The van der Waals surface area contributed by atoms with Crippen molar-refractivity contribution in [1.82, 2.24) is 9.78 Å². The Kier molecular flexibility index (Phi) is 3.50. The van der Waals surface area contributed by atoms with E-state index in [2.05, 4.69) is 12.0 Å². The van der Waals surface area contributed by atoms with E-state index in [0.717, 1.165) is 31.4 Å². The topological polar surface area (TPSA) is 55.1 Å². The Labute approximate surface area is 102 Å². The molecule has 2 rings (SSSR count). The van der Waals surface area contributed by atoms with Gasteiger partial charge in [-0.1, -0.05) is 13.3 Å². The van der Waals surface area contributed by atoms with Gasteiger partial charge in [0.2, 0.25) is 0 Å². The lowest BCUT2D eigenvalue weighted by molar-refractivity contribution is -0.144. The van der Waals surface area contributed by atoms with Crippen molar-refractivity contribution in [3.63, 3.8) is 0 Å². The van der Waals surface area contributed by atoms with Crippen LogP contribution in [0.3, 0.4) is 0 Å². The van der Waals surface area contributed by atoms with E-state index in [9.17, 15) is 9.90 Å². The van der Waals surface area contributed by atoms with Crippen LogP contribution in [-0.2, 0) is 11.8 Å². The van der Waals surface area contributed by atoms with E-state index in [4.69, 9.17) is 0 Å². The lowest BCUT2D eigenvalue weighted by atomic mass is 9.72. The summed E-state index contributed by atoms with van der Waals surface area (Å²) in [5, 5.41) is 13.5. The fourth-order valence-electron chi connectivity index (χ4n) is 3.00. The Bertz CT molecular complexity index is 400. The van der Waals surface area contributed by atoms with Crippen LogP contribution in [0.15, 0.2) is 12.3 Å². The molecule has 1 N–H and O–H groups in total. The molecule has 3 atom stereocenters. The monoisotopic (exact) mass is 236 g/mol. The largest absolute Gasteiger partial charge is 0.481 e. The zero-order valence-corrected chi connectivity index (χ0v) is 10.5. The molecule has 1 aliphatic carbocycles. The van der Waals surface area contributed by atoms with Gasteiger partial charge in [0, 0.05) is 24.9 Å². The molecule has 0 aliphatic heterocycles. The first kappa shape index (κ1) is 12.1. The van der Waals surface area contributed by atoms with Gasteiger partial charge in [-0.15, -0.1) is 0 Å². The van der Waals surface area contributed by atoms with E-state index in [1.807, 2.05) is 17.8 Å². The summed E-state index contributed by atoms with van der Waals surface area (Å²) >= 11 is 0. The summed E-state index contributed by atoms with van der Waals surface area (Å²) in [4.78, 5) is 11.3. The molecule has 4 heteroatoms. The highest BCUT2D eigenvalue weighted by Gasteiger charge is 2.36. The average Bonchev–Trinajstić information content (AvgIpc) is 2.74. The first-order chi connectivity index (χ1) is 8.13. The van der Waals surface area contributed by atoms with Crippen molar-refractivity contribution in [1.29, 1.82) is 0 Å². The van der Waals surface area contributed by atoms with Crippen LogP contribution in [0, 0.1) is 11.8 Å². The van der Waals surface area contributed by atoms with Gasteiger partial charge in [0.15, 0.2) is 0 Å². The minimum absolute atomic E-state index is 0.124. The summed E-state index contributed by atoms with van der Waals surface area (Å²) in [7, 11) is 1.89. The lowest BCUT2D eigenvalue weighted by Crippen LogP contribution is -2.30. The molecule has 17 heavy (non-hydrogen) atoms. The number of rotatable bonds is 3. The molecule has 0 bridgehead atoms. The van der Waals surface area contributed by atoms with Crippen LogP contribution in [0.4, 0.5) is 0 Å². The van der Waals surface area contributed by atoms with Crippen LogP contribution in [0.25, 0.3) is 0 Å². The van der Waals surface area contributed by atoms with E-state index >= 15 is 0 Å². The molecule has 1 aromatic rings. The van der Waals surface area contributed by atoms with Crippen molar-refractivity contribution in [2.75, 3.05) is 0 Å². The fraction of sp³-hybridized carbons (Fsp3) is 0.692. The van der Waals surface area contributed by atoms with Crippen molar-refractivity contribution in [3.05, 3.63) is 18.0 Å². The quantitative estimate of drug-likeness (QED) is 0.876. The number of carboxylic acids is 1. The molecule has 0 amide bonds. The summed E-state index contributed by atoms with van der Waals surface area (Å²) < 4.78 is 1.82. The minimum Gasteiger partial charge on any atom is -0.481 e. The molecular weight excluding hydrogens is 216 g/mol. The summed E-state index contributed by atoms with van der Waals surface area (Å²) in [6.07, 6.45) is 5.71. The second-order valence-electron chi connectivity index (χ2n) is 5.02. The number of aromatic nitrogens is 2. The van der Waals surface area contributed by atoms with Crippen molar-refractivity contribution in [2.24, 2.45) is 18.9 Å². The Hall–Kier alpha value is -1.32. The second-order valence-corrected chi connectivity index (χ2v) is 5.02. The van der Waals surface area contributed by atoms with Crippen LogP contribution in [0.2, 0.25) is 0 Å². The predicted molar refractivity (Wildman–Crippen MR) is 64.7 cm³/mol. The molecule has 1 aromatic heterocycles. The van der Waals surface area contributed by atoms with Crippen LogP contribution >= 0.6 is 0 Å².